The third kappa shape index (κ3) is 2.09. The fraction of sp³-hybridized carbons (Fsp3) is 0.583. The topological polar surface area (TPSA) is 66.3 Å². The van der Waals surface area contributed by atoms with E-state index in [-0.39, 0.29) is 5.92 Å². The largest absolute Gasteiger partial charge is 0.481 e. The van der Waals surface area contributed by atoms with Gasteiger partial charge in [-0.25, -0.2) is 9.97 Å². The highest BCUT2D eigenvalue weighted by Gasteiger charge is 2.30. The van der Waals surface area contributed by atoms with Crippen molar-refractivity contribution < 1.29 is 9.90 Å². The molecule has 1 aromatic rings. The third-order valence-corrected chi connectivity index (χ3v) is 3.53. The van der Waals surface area contributed by atoms with E-state index in [1.807, 2.05) is 11.0 Å². The van der Waals surface area contributed by atoms with Gasteiger partial charge in [-0.3, -0.25) is 4.79 Å². The number of hydrogen-bond donors (Lipinski definition) is 1. The summed E-state index contributed by atoms with van der Waals surface area (Å²) in [5.41, 5.74) is 1.11. The van der Waals surface area contributed by atoms with E-state index in [4.69, 9.17) is 5.11 Å². The van der Waals surface area contributed by atoms with E-state index < -0.39 is 5.97 Å². The lowest BCUT2D eigenvalue weighted by atomic mass is 10.1. The lowest BCUT2D eigenvalue weighted by Gasteiger charge is -2.16. The normalized spacial score (nSPS) is 24.0. The van der Waals surface area contributed by atoms with Crippen LogP contribution in [-0.2, 0) is 4.79 Å². The molecule has 3 rings (SSSR count). The first-order valence-corrected chi connectivity index (χ1v) is 6.04. The molecule has 0 aromatic carbocycles. The van der Waals surface area contributed by atoms with Crippen molar-refractivity contribution in [3.8, 4) is 0 Å². The lowest BCUT2D eigenvalue weighted by molar-refractivity contribution is -0.140. The molecule has 5 nitrogen and oxygen atoms in total. The van der Waals surface area contributed by atoms with Crippen molar-refractivity contribution >= 4 is 11.8 Å². The van der Waals surface area contributed by atoms with E-state index in [1.54, 1.807) is 6.33 Å². The summed E-state index contributed by atoms with van der Waals surface area (Å²) in [6, 6.07) is 2.02. The maximum absolute atomic E-state index is 10.9. The molecule has 1 aliphatic carbocycles. The Morgan fingerprint density at radius 2 is 2.18 bits per heavy atom. The van der Waals surface area contributed by atoms with Gasteiger partial charge in [0.2, 0.25) is 0 Å². The minimum Gasteiger partial charge on any atom is -0.481 e. The van der Waals surface area contributed by atoms with Crippen LogP contribution in [0.1, 0.15) is 30.9 Å². The van der Waals surface area contributed by atoms with E-state index in [0.29, 0.717) is 18.9 Å². The van der Waals surface area contributed by atoms with Crippen LogP contribution in [0.5, 0.6) is 0 Å². The van der Waals surface area contributed by atoms with Crippen LogP contribution in [0.2, 0.25) is 0 Å². The molecule has 2 fully saturated rings. The summed E-state index contributed by atoms with van der Waals surface area (Å²) >= 11 is 0. The molecule has 1 atom stereocenters. The third-order valence-electron chi connectivity index (χ3n) is 3.53. The number of carboxylic acids is 1. The number of carbonyl (C=O) groups is 1. The maximum Gasteiger partial charge on any atom is 0.308 e. The Labute approximate surface area is 99.5 Å². The first kappa shape index (κ1) is 10.5. The Hall–Kier alpha value is -1.65. The van der Waals surface area contributed by atoms with Crippen molar-refractivity contribution in [1.82, 2.24) is 9.97 Å². The fourth-order valence-corrected chi connectivity index (χ4v) is 2.31. The van der Waals surface area contributed by atoms with E-state index in [0.717, 1.165) is 18.1 Å². The molecule has 1 N–H and O–H groups in total. The highest BCUT2D eigenvalue weighted by atomic mass is 16.4. The number of carboxylic acid groups (broad SMARTS) is 1. The Bertz CT molecular complexity index is 445. The zero-order valence-electron chi connectivity index (χ0n) is 9.54. The van der Waals surface area contributed by atoms with E-state index in [9.17, 15) is 4.79 Å². The van der Waals surface area contributed by atoms with Crippen molar-refractivity contribution in [2.24, 2.45) is 5.92 Å². The van der Waals surface area contributed by atoms with Crippen molar-refractivity contribution in [2.75, 3.05) is 18.0 Å². The number of anilines is 1. The van der Waals surface area contributed by atoms with Gasteiger partial charge < -0.3 is 10.0 Å². The van der Waals surface area contributed by atoms with Gasteiger partial charge >= 0.3 is 5.97 Å². The van der Waals surface area contributed by atoms with Crippen LogP contribution in [0.25, 0.3) is 0 Å². The average molecular weight is 233 g/mol. The van der Waals surface area contributed by atoms with Gasteiger partial charge in [0.05, 0.1) is 5.92 Å². The summed E-state index contributed by atoms with van der Waals surface area (Å²) in [6.45, 7) is 1.34. The average Bonchev–Trinajstić information content (AvgIpc) is 3.06. The predicted octanol–water partition coefficient (Wildman–Crippen LogP) is 1.26. The molecule has 0 spiro atoms. The zero-order valence-corrected chi connectivity index (χ0v) is 9.54. The standard InChI is InChI=1S/C12H15N3O2/c16-12(17)9-3-4-15(6-9)11-5-10(8-1-2-8)13-7-14-11/h5,7-9H,1-4,6H2,(H,16,17)/t9-/m0/s1. The second kappa shape index (κ2) is 3.98. The summed E-state index contributed by atoms with van der Waals surface area (Å²) < 4.78 is 0. The van der Waals surface area contributed by atoms with Gasteiger partial charge in [-0.1, -0.05) is 0 Å². The summed E-state index contributed by atoms with van der Waals surface area (Å²) in [4.78, 5) is 21.5. The molecule has 2 heterocycles. The SMILES string of the molecule is O=C(O)[C@H]1CCN(c2cc(C3CC3)ncn2)C1. The van der Waals surface area contributed by atoms with Gasteiger partial charge in [-0.05, 0) is 19.3 Å². The number of aliphatic carboxylic acids is 1. The Morgan fingerprint density at radius 3 is 2.82 bits per heavy atom. The minimum atomic E-state index is -0.705. The van der Waals surface area contributed by atoms with Crippen molar-refractivity contribution in [1.29, 1.82) is 0 Å². The Kier molecular flexibility index (Phi) is 2.46. The summed E-state index contributed by atoms with van der Waals surface area (Å²) in [5.74, 6) is 0.526. The molecule has 1 saturated carbocycles. The maximum atomic E-state index is 10.9. The summed E-state index contributed by atoms with van der Waals surface area (Å²) in [5, 5.41) is 8.97. The molecule has 0 radical (unpaired) electrons. The van der Waals surface area contributed by atoms with Gasteiger partial charge in [0.25, 0.3) is 0 Å². The van der Waals surface area contributed by atoms with Crippen LogP contribution in [0.3, 0.4) is 0 Å². The molecule has 90 valence electrons. The van der Waals surface area contributed by atoms with Crippen LogP contribution < -0.4 is 4.90 Å². The molecule has 0 unspecified atom stereocenters. The van der Waals surface area contributed by atoms with Crippen molar-refractivity contribution in [2.45, 2.75) is 25.2 Å². The van der Waals surface area contributed by atoms with E-state index >= 15 is 0 Å². The molecule has 1 saturated heterocycles. The summed E-state index contributed by atoms with van der Waals surface area (Å²) in [7, 11) is 0. The number of nitrogens with zero attached hydrogens (tertiary/aromatic N) is 3. The van der Waals surface area contributed by atoms with Gasteiger partial charge in [0.15, 0.2) is 0 Å². The van der Waals surface area contributed by atoms with Crippen molar-refractivity contribution in [3.05, 3.63) is 18.1 Å². The monoisotopic (exact) mass is 233 g/mol. The van der Waals surface area contributed by atoms with Crippen LogP contribution in [0.15, 0.2) is 12.4 Å². The Balaban J connectivity index is 1.76. The molecule has 0 bridgehead atoms. The predicted molar refractivity (Wildman–Crippen MR) is 62.0 cm³/mol. The highest BCUT2D eigenvalue weighted by Crippen LogP contribution is 2.39. The van der Waals surface area contributed by atoms with Crippen LogP contribution >= 0.6 is 0 Å². The Morgan fingerprint density at radius 1 is 1.35 bits per heavy atom. The second-order valence-electron chi connectivity index (χ2n) is 4.85. The molecular weight excluding hydrogens is 218 g/mol. The number of rotatable bonds is 3. The van der Waals surface area contributed by atoms with Gasteiger partial charge in [-0.15, -0.1) is 0 Å². The van der Waals surface area contributed by atoms with Crippen LogP contribution in [-0.4, -0.2) is 34.1 Å². The van der Waals surface area contributed by atoms with Crippen LogP contribution in [0, 0.1) is 5.92 Å². The minimum absolute atomic E-state index is 0.255. The molecule has 1 aliphatic heterocycles. The molecule has 0 amide bonds. The summed E-state index contributed by atoms with van der Waals surface area (Å²) in [6.07, 6.45) is 4.73. The number of aromatic nitrogens is 2. The molecule has 17 heavy (non-hydrogen) atoms. The number of hydrogen-bond acceptors (Lipinski definition) is 4. The molecule has 5 heteroatoms. The van der Waals surface area contributed by atoms with Gasteiger partial charge in [0.1, 0.15) is 12.1 Å². The van der Waals surface area contributed by atoms with Crippen molar-refractivity contribution in [3.63, 3.8) is 0 Å². The van der Waals surface area contributed by atoms with Gasteiger partial charge in [-0.2, -0.15) is 0 Å². The zero-order chi connectivity index (χ0) is 11.8. The molecular formula is C12H15N3O2. The first-order valence-electron chi connectivity index (χ1n) is 6.04. The second-order valence-corrected chi connectivity index (χ2v) is 4.85. The highest BCUT2D eigenvalue weighted by molar-refractivity contribution is 5.71. The first-order chi connectivity index (χ1) is 8.24. The fourth-order valence-electron chi connectivity index (χ4n) is 2.31. The van der Waals surface area contributed by atoms with E-state index in [1.165, 1.54) is 12.8 Å². The molecule has 2 aliphatic rings. The quantitative estimate of drug-likeness (QED) is 0.851. The van der Waals surface area contributed by atoms with E-state index in [2.05, 4.69) is 9.97 Å². The smallest absolute Gasteiger partial charge is 0.308 e. The van der Waals surface area contributed by atoms with Crippen LogP contribution in [0.4, 0.5) is 5.82 Å². The molecule has 1 aromatic heterocycles. The lowest BCUT2D eigenvalue weighted by Crippen LogP contribution is -2.23. The van der Waals surface area contributed by atoms with Gasteiger partial charge in [0, 0.05) is 30.8 Å².